The quantitative estimate of drug-likeness (QED) is 0.237. The molecule has 0 rings (SSSR count). The molecule has 8 heteroatoms. The van der Waals surface area contributed by atoms with Crippen molar-refractivity contribution >= 4 is 24.1 Å². The van der Waals surface area contributed by atoms with E-state index in [0.29, 0.717) is 6.42 Å². The maximum absolute atomic E-state index is 10.8. The Kier molecular flexibility index (Phi) is 8.84. The highest BCUT2D eigenvalue weighted by Gasteiger charge is 2.03. The Morgan fingerprint density at radius 1 is 0.882 bits per heavy atom. The van der Waals surface area contributed by atoms with E-state index >= 15 is 0 Å². The van der Waals surface area contributed by atoms with Gasteiger partial charge in [-0.25, -0.2) is 9.59 Å². The number of ether oxygens (including phenoxy) is 2. The molecule has 0 aliphatic carbocycles. The third-order valence-corrected chi connectivity index (χ3v) is 1.36. The summed E-state index contributed by atoms with van der Waals surface area (Å²) in [7, 11) is 0. The summed E-state index contributed by atoms with van der Waals surface area (Å²) in [6.07, 6.45) is 2.69. The van der Waals surface area contributed by atoms with Crippen LogP contribution >= 0.6 is 0 Å². The third-order valence-electron chi connectivity index (χ3n) is 1.36. The molecule has 0 N–H and O–H groups in total. The molecule has 0 atom stereocenters. The number of nitrogens with zero attached hydrogens (tertiary/aromatic N) is 2. The number of hydrogen-bond acceptors (Lipinski definition) is 8. The second-order valence-corrected chi connectivity index (χ2v) is 2.61. The van der Waals surface area contributed by atoms with E-state index in [1.54, 1.807) is 0 Å². The minimum absolute atomic E-state index is 0.0391. The normalized spacial score (nSPS) is 8.47. The van der Waals surface area contributed by atoms with Gasteiger partial charge in [0.2, 0.25) is 12.2 Å². The van der Waals surface area contributed by atoms with E-state index in [9.17, 15) is 19.2 Å². The van der Waals surface area contributed by atoms with E-state index in [4.69, 9.17) is 0 Å². The van der Waals surface area contributed by atoms with Crippen LogP contribution in [0, 0.1) is 0 Å². The zero-order chi connectivity index (χ0) is 12.9. The van der Waals surface area contributed by atoms with Crippen molar-refractivity contribution in [3.63, 3.8) is 0 Å². The van der Waals surface area contributed by atoms with Crippen LogP contribution in [0.25, 0.3) is 0 Å². The van der Waals surface area contributed by atoms with Gasteiger partial charge in [0.15, 0.2) is 0 Å². The first kappa shape index (κ1) is 14.7. The maximum Gasteiger partial charge on any atom is 0.328 e. The van der Waals surface area contributed by atoms with Gasteiger partial charge in [-0.05, 0) is 0 Å². The molecule has 0 aromatic rings. The number of esters is 2. The summed E-state index contributed by atoms with van der Waals surface area (Å²) in [5, 5.41) is 0. The Balaban J connectivity index is 3.45. The number of hydrogen-bond donors (Lipinski definition) is 0. The number of rotatable bonds is 8. The van der Waals surface area contributed by atoms with Crippen molar-refractivity contribution in [2.75, 3.05) is 26.3 Å². The summed E-state index contributed by atoms with van der Waals surface area (Å²) in [4.78, 5) is 46.9. The lowest BCUT2D eigenvalue weighted by Gasteiger charge is -2.03. The van der Waals surface area contributed by atoms with Crippen LogP contribution in [0.3, 0.4) is 0 Å². The van der Waals surface area contributed by atoms with Gasteiger partial charge in [0.25, 0.3) is 0 Å². The molecular formula is C9H10N2O6. The van der Waals surface area contributed by atoms with Crippen LogP contribution < -0.4 is 0 Å². The molecule has 0 heterocycles. The number of carbonyl (C=O) groups excluding carboxylic acids is 4. The van der Waals surface area contributed by atoms with Crippen molar-refractivity contribution in [3.05, 3.63) is 0 Å². The molecule has 0 aromatic carbocycles. The van der Waals surface area contributed by atoms with E-state index in [2.05, 4.69) is 19.5 Å². The highest BCUT2D eigenvalue weighted by atomic mass is 16.5. The molecule has 0 radical (unpaired) electrons. The molecule has 0 spiro atoms. The molecule has 0 aromatic heterocycles. The van der Waals surface area contributed by atoms with Gasteiger partial charge >= 0.3 is 11.9 Å². The Bertz CT molecular complexity index is 320. The zero-order valence-electron chi connectivity index (χ0n) is 8.88. The van der Waals surface area contributed by atoms with Gasteiger partial charge in [-0.2, -0.15) is 9.98 Å². The Morgan fingerprint density at radius 3 is 1.65 bits per heavy atom. The molecule has 92 valence electrons. The minimum Gasteiger partial charge on any atom is -0.464 e. The van der Waals surface area contributed by atoms with Crippen molar-refractivity contribution in [3.8, 4) is 0 Å². The van der Waals surface area contributed by atoms with Crippen LogP contribution in [0.5, 0.6) is 0 Å². The molecule has 0 amide bonds. The summed E-state index contributed by atoms with van der Waals surface area (Å²) in [5.41, 5.74) is 0. The SMILES string of the molecule is O=C=NCC(=O)OCCCOC(=O)CN=C=O. The number of isocyanates is 2. The Morgan fingerprint density at radius 2 is 1.29 bits per heavy atom. The second kappa shape index (κ2) is 10.2. The number of aliphatic imine (C=N–C) groups is 2. The van der Waals surface area contributed by atoms with Crippen molar-refractivity contribution in [2.45, 2.75) is 6.42 Å². The van der Waals surface area contributed by atoms with Crippen LogP contribution in [0.2, 0.25) is 0 Å². The molecule has 17 heavy (non-hydrogen) atoms. The first-order valence-corrected chi connectivity index (χ1v) is 4.59. The van der Waals surface area contributed by atoms with Crippen LogP contribution in [0.15, 0.2) is 9.98 Å². The summed E-state index contributed by atoms with van der Waals surface area (Å²) in [5.74, 6) is -1.32. The van der Waals surface area contributed by atoms with E-state index in [0.717, 1.165) is 0 Å². The van der Waals surface area contributed by atoms with Crippen molar-refractivity contribution in [1.29, 1.82) is 0 Å². The van der Waals surface area contributed by atoms with Crippen LogP contribution in [0.4, 0.5) is 0 Å². The second-order valence-electron chi connectivity index (χ2n) is 2.61. The highest BCUT2D eigenvalue weighted by molar-refractivity contribution is 5.73. The predicted octanol–water partition coefficient (Wildman–Crippen LogP) is -0.865. The fraction of sp³-hybridized carbons (Fsp3) is 0.556. The highest BCUT2D eigenvalue weighted by Crippen LogP contribution is 1.88. The monoisotopic (exact) mass is 242 g/mol. The van der Waals surface area contributed by atoms with Gasteiger partial charge in [-0.3, -0.25) is 9.59 Å². The molecule has 0 aliphatic heterocycles. The molecule has 0 fully saturated rings. The van der Waals surface area contributed by atoms with Crippen molar-refractivity contribution in [1.82, 2.24) is 0 Å². The molecule has 0 saturated carbocycles. The average molecular weight is 242 g/mol. The standard InChI is InChI=1S/C9H10N2O6/c12-6-10-4-8(14)16-2-1-3-17-9(15)5-11-7-13/h1-5H2. The molecular weight excluding hydrogens is 232 g/mol. The lowest BCUT2D eigenvalue weighted by Crippen LogP contribution is -2.13. The molecule has 0 bridgehead atoms. The van der Waals surface area contributed by atoms with Gasteiger partial charge in [0.1, 0.15) is 13.1 Å². The first-order chi connectivity index (χ1) is 8.20. The van der Waals surface area contributed by atoms with E-state index in [1.165, 1.54) is 12.2 Å². The maximum atomic E-state index is 10.8. The topological polar surface area (TPSA) is 111 Å². The van der Waals surface area contributed by atoms with E-state index < -0.39 is 11.9 Å². The first-order valence-electron chi connectivity index (χ1n) is 4.59. The Labute approximate surface area is 96.3 Å². The zero-order valence-corrected chi connectivity index (χ0v) is 8.88. The molecule has 0 unspecified atom stereocenters. The van der Waals surface area contributed by atoms with Crippen molar-refractivity contribution < 1.29 is 28.7 Å². The van der Waals surface area contributed by atoms with Gasteiger partial charge in [-0.15, -0.1) is 0 Å². The van der Waals surface area contributed by atoms with Crippen LogP contribution in [-0.4, -0.2) is 50.4 Å². The van der Waals surface area contributed by atoms with Gasteiger partial charge < -0.3 is 9.47 Å². The fourth-order valence-corrected chi connectivity index (χ4v) is 0.716. The Hall–Kier alpha value is -2.30. The minimum atomic E-state index is -0.662. The van der Waals surface area contributed by atoms with E-state index in [-0.39, 0.29) is 26.3 Å². The lowest BCUT2D eigenvalue weighted by atomic mass is 10.5. The van der Waals surface area contributed by atoms with Crippen LogP contribution in [-0.2, 0) is 28.7 Å². The predicted molar refractivity (Wildman–Crippen MR) is 52.5 cm³/mol. The third kappa shape index (κ3) is 9.99. The largest absolute Gasteiger partial charge is 0.464 e. The van der Waals surface area contributed by atoms with Crippen molar-refractivity contribution in [2.24, 2.45) is 9.98 Å². The van der Waals surface area contributed by atoms with Gasteiger partial charge in [0, 0.05) is 6.42 Å². The van der Waals surface area contributed by atoms with Gasteiger partial charge in [0.05, 0.1) is 13.2 Å². The van der Waals surface area contributed by atoms with Gasteiger partial charge in [-0.1, -0.05) is 0 Å². The number of carbonyl (C=O) groups is 2. The summed E-state index contributed by atoms with van der Waals surface area (Å²) >= 11 is 0. The van der Waals surface area contributed by atoms with Crippen LogP contribution in [0.1, 0.15) is 6.42 Å². The summed E-state index contributed by atoms with van der Waals surface area (Å²) in [6, 6.07) is 0. The molecule has 0 aliphatic rings. The molecule has 0 saturated heterocycles. The smallest absolute Gasteiger partial charge is 0.328 e. The summed E-state index contributed by atoms with van der Waals surface area (Å²) in [6.45, 7) is -0.677. The van der Waals surface area contributed by atoms with E-state index in [1.807, 2.05) is 0 Å². The lowest BCUT2D eigenvalue weighted by molar-refractivity contribution is -0.144. The molecule has 8 nitrogen and oxygen atoms in total. The fourth-order valence-electron chi connectivity index (χ4n) is 0.716. The summed E-state index contributed by atoms with van der Waals surface area (Å²) < 4.78 is 9.24. The average Bonchev–Trinajstić information content (AvgIpc) is 2.33.